The van der Waals surface area contributed by atoms with Crippen molar-refractivity contribution in [3.63, 3.8) is 0 Å². The van der Waals surface area contributed by atoms with E-state index in [-0.39, 0.29) is 24.6 Å². The third-order valence-corrected chi connectivity index (χ3v) is 5.04. The average molecular weight is 365 g/mol. The molecule has 25 heavy (non-hydrogen) atoms. The second-order valence-corrected chi connectivity index (χ2v) is 7.12. The van der Waals surface area contributed by atoms with E-state index in [4.69, 9.17) is 15.5 Å². The molecule has 0 saturated heterocycles. The van der Waals surface area contributed by atoms with Crippen molar-refractivity contribution >= 4 is 12.4 Å². The van der Waals surface area contributed by atoms with Crippen molar-refractivity contribution in [1.82, 2.24) is 14.8 Å². The van der Waals surface area contributed by atoms with Gasteiger partial charge in [0.2, 0.25) is 0 Å². The van der Waals surface area contributed by atoms with Gasteiger partial charge in [-0.3, -0.25) is 0 Å². The molecule has 1 aliphatic carbocycles. The van der Waals surface area contributed by atoms with Gasteiger partial charge in [0.05, 0.1) is 11.8 Å². The van der Waals surface area contributed by atoms with Gasteiger partial charge in [0.1, 0.15) is 11.6 Å². The largest absolute Gasteiger partial charge is 0.380 e. The summed E-state index contributed by atoms with van der Waals surface area (Å²) in [6, 6.07) is 8.67. The van der Waals surface area contributed by atoms with Crippen LogP contribution in [0.15, 0.2) is 24.3 Å². The van der Waals surface area contributed by atoms with E-state index in [1.807, 2.05) is 11.6 Å². The van der Waals surface area contributed by atoms with Crippen LogP contribution in [-0.2, 0) is 4.74 Å². The Morgan fingerprint density at radius 3 is 2.44 bits per heavy atom. The molecule has 1 aromatic carbocycles. The third kappa shape index (κ3) is 4.22. The SMILES string of the molecule is CO[C@@H]1CC[C@H](c2nc(C)nn2-c2ccc(C(C)C)cc2)C[C@H]1N.Cl. The molecule has 0 radical (unpaired) electrons. The van der Waals surface area contributed by atoms with Gasteiger partial charge in [-0.2, -0.15) is 5.10 Å². The van der Waals surface area contributed by atoms with Crippen molar-refractivity contribution in [2.24, 2.45) is 5.73 Å². The first kappa shape index (κ1) is 19.9. The minimum atomic E-state index is 0. The van der Waals surface area contributed by atoms with E-state index in [0.717, 1.165) is 36.6 Å². The molecule has 1 fully saturated rings. The summed E-state index contributed by atoms with van der Waals surface area (Å²) >= 11 is 0. The fourth-order valence-corrected chi connectivity index (χ4v) is 3.59. The van der Waals surface area contributed by atoms with Gasteiger partial charge in [0.15, 0.2) is 0 Å². The van der Waals surface area contributed by atoms with Gasteiger partial charge in [-0.1, -0.05) is 26.0 Å². The number of aryl methyl sites for hydroxylation is 1. The number of rotatable bonds is 4. The van der Waals surface area contributed by atoms with Crippen molar-refractivity contribution in [1.29, 1.82) is 0 Å². The minimum absolute atomic E-state index is 0. The number of nitrogens with zero attached hydrogens (tertiary/aromatic N) is 3. The quantitative estimate of drug-likeness (QED) is 0.897. The molecule has 1 aromatic heterocycles. The Bertz CT molecular complexity index is 683. The van der Waals surface area contributed by atoms with Crippen LogP contribution in [0.5, 0.6) is 0 Å². The molecule has 6 heteroatoms. The fourth-order valence-electron chi connectivity index (χ4n) is 3.59. The lowest BCUT2D eigenvalue weighted by Gasteiger charge is -2.32. The highest BCUT2D eigenvalue weighted by atomic mass is 35.5. The molecular weight excluding hydrogens is 336 g/mol. The molecule has 3 rings (SSSR count). The number of ether oxygens (including phenoxy) is 1. The first-order valence-corrected chi connectivity index (χ1v) is 8.82. The molecule has 0 aliphatic heterocycles. The van der Waals surface area contributed by atoms with Crippen LogP contribution in [0.1, 0.15) is 62.2 Å². The predicted octanol–water partition coefficient (Wildman–Crippen LogP) is 3.73. The molecule has 5 nitrogen and oxygen atoms in total. The Hall–Kier alpha value is -1.43. The monoisotopic (exact) mass is 364 g/mol. The lowest BCUT2D eigenvalue weighted by Crippen LogP contribution is -2.41. The van der Waals surface area contributed by atoms with Crippen LogP contribution in [0, 0.1) is 6.92 Å². The van der Waals surface area contributed by atoms with Crippen LogP contribution in [0.4, 0.5) is 0 Å². The summed E-state index contributed by atoms with van der Waals surface area (Å²) in [4.78, 5) is 4.71. The van der Waals surface area contributed by atoms with E-state index in [9.17, 15) is 0 Å². The maximum Gasteiger partial charge on any atom is 0.148 e. The summed E-state index contributed by atoms with van der Waals surface area (Å²) in [5.41, 5.74) is 8.68. The minimum Gasteiger partial charge on any atom is -0.380 e. The van der Waals surface area contributed by atoms with Crippen molar-refractivity contribution in [2.45, 2.75) is 64.0 Å². The Morgan fingerprint density at radius 1 is 1.20 bits per heavy atom. The van der Waals surface area contributed by atoms with Gasteiger partial charge >= 0.3 is 0 Å². The van der Waals surface area contributed by atoms with Gasteiger partial charge in [-0.25, -0.2) is 9.67 Å². The van der Waals surface area contributed by atoms with Gasteiger partial charge in [-0.15, -0.1) is 12.4 Å². The van der Waals surface area contributed by atoms with Crippen molar-refractivity contribution in [2.75, 3.05) is 7.11 Å². The molecule has 138 valence electrons. The van der Waals surface area contributed by atoms with Crippen LogP contribution in [0.3, 0.4) is 0 Å². The molecule has 1 saturated carbocycles. The van der Waals surface area contributed by atoms with Crippen molar-refractivity contribution in [3.8, 4) is 5.69 Å². The number of methoxy groups -OCH3 is 1. The molecule has 0 amide bonds. The topological polar surface area (TPSA) is 66.0 Å². The van der Waals surface area contributed by atoms with Crippen LogP contribution in [-0.4, -0.2) is 34.0 Å². The Balaban J connectivity index is 0.00000225. The molecule has 1 aliphatic rings. The van der Waals surface area contributed by atoms with Gasteiger partial charge in [-0.05, 0) is 49.8 Å². The van der Waals surface area contributed by atoms with Gasteiger partial charge in [0, 0.05) is 19.1 Å². The maximum atomic E-state index is 6.28. The summed E-state index contributed by atoms with van der Waals surface area (Å²) in [5.74, 6) is 2.69. The van der Waals surface area contributed by atoms with Gasteiger partial charge < -0.3 is 10.5 Å². The van der Waals surface area contributed by atoms with E-state index < -0.39 is 0 Å². The predicted molar refractivity (Wildman–Crippen MR) is 103 cm³/mol. The summed E-state index contributed by atoms with van der Waals surface area (Å²) in [6.07, 6.45) is 3.05. The molecule has 1 heterocycles. The highest BCUT2D eigenvalue weighted by Crippen LogP contribution is 2.33. The number of benzene rings is 1. The maximum absolute atomic E-state index is 6.28. The smallest absolute Gasteiger partial charge is 0.148 e. The van der Waals surface area contributed by atoms with E-state index in [0.29, 0.717) is 11.8 Å². The molecule has 0 spiro atoms. The molecule has 2 aromatic rings. The summed E-state index contributed by atoms with van der Waals surface area (Å²) in [6.45, 7) is 6.36. The number of halogens is 1. The summed E-state index contributed by atoms with van der Waals surface area (Å²) < 4.78 is 7.47. The van der Waals surface area contributed by atoms with E-state index in [2.05, 4.69) is 43.2 Å². The van der Waals surface area contributed by atoms with E-state index in [1.165, 1.54) is 5.56 Å². The number of hydrogen-bond donors (Lipinski definition) is 1. The highest BCUT2D eigenvalue weighted by Gasteiger charge is 2.31. The Morgan fingerprint density at radius 2 is 1.88 bits per heavy atom. The lowest BCUT2D eigenvalue weighted by atomic mass is 9.83. The lowest BCUT2D eigenvalue weighted by molar-refractivity contribution is 0.0482. The second kappa shape index (κ2) is 8.30. The first-order chi connectivity index (χ1) is 11.5. The summed E-state index contributed by atoms with van der Waals surface area (Å²) in [5, 5.41) is 4.63. The van der Waals surface area contributed by atoms with Gasteiger partial charge in [0.25, 0.3) is 0 Å². The Labute approximate surface area is 156 Å². The van der Waals surface area contributed by atoms with Crippen LogP contribution in [0.25, 0.3) is 5.69 Å². The standard InChI is InChI=1S/C19H28N4O.ClH/c1-12(2)14-5-8-16(9-6-14)23-19(21-13(3)22-23)15-7-10-18(24-4)17(20)11-15;/h5-6,8-9,12,15,17-18H,7,10-11,20H2,1-4H3;1H/t15-,17+,18+;/m0./s1. The zero-order valence-corrected chi connectivity index (χ0v) is 16.3. The molecule has 2 N–H and O–H groups in total. The molecule has 0 bridgehead atoms. The van der Waals surface area contributed by atoms with Crippen LogP contribution >= 0.6 is 12.4 Å². The van der Waals surface area contributed by atoms with E-state index >= 15 is 0 Å². The van der Waals surface area contributed by atoms with Crippen LogP contribution < -0.4 is 5.73 Å². The third-order valence-electron chi connectivity index (χ3n) is 5.04. The zero-order chi connectivity index (χ0) is 17.3. The average Bonchev–Trinajstić information content (AvgIpc) is 2.96. The number of hydrogen-bond acceptors (Lipinski definition) is 4. The second-order valence-electron chi connectivity index (χ2n) is 7.12. The van der Waals surface area contributed by atoms with Crippen molar-refractivity contribution in [3.05, 3.63) is 41.5 Å². The fraction of sp³-hybridized carbons (Fsp3) is 0.579. The van der Waals surface area contributed by atoms with Crippen LogP contribution in [0.2, 0.25) is 0 Å². The Kier molecular flexibility index (Phi) is 6.60. The number of nitrogens with two attached hydrogens (primary N) is 1. The normalized spacial score (nSPS) is 23.5. The number of aromatic nitrogens is 3. The zero-order valence-electron chi connectivity index (χ0n) is 15.5. The first-order valence-electron chi connectivity index (χ1n) is 8.82. The molecule has 0 unspecified atom stereocenters. The highest BCUT2D eigenvalue weighted by molar-refractivity contribution is 5.85. The molecular formula is C19H29ClN4O. The summed E-state index contributed by atoms with van der Waals surface area (Å²) in [7, 11) is 1.74. The molecule has 3 atom stereocenters. The van der Waals surface area contributed by atoms with E-state index in [1.54, 1.807) is 7.11 Å². The van der Waals surface area contributed by atoms with Crippen molar-refractivity contribution < 1.29 is 4.74 Å².